The van der Waals surface area contributed by atoms with E-state index in [1.165, 1.54) is 32.4 Å². The van der Waals surface area contributed by atoms with Crippen LogP contribution in [0.5, 0.6) is 11.5 Å². The van der Waals surface area contributed by atoms with E-state index >= 15 is 0 Å². The summed E-state index contributed by atoms with van der Waals surface area (Å²) in [5.41, 5.74) is 0.595. The number of hydrogen-bond donors (Lipinski definition) is 1. The van der Waals surface area contributed by atoms with Crippen LogP contribution in [0.2, 0.25) is 5.02 Å². The largest absolute Gasteiger partial charge is 0.495 e. The first-order valence-corrected chi connectivity index (χ1v) is 9.10. The number of rotatable bonds is 5. The maximum Gasteiger partial charge on any atom is 0.264 e. The summed E-state index contributed by atoms with van der Waals surface area (Å²) >= 11 is 6.10. The number of halogens is 1. The van der Waals surface area contributed by atoms with Crippen LogP contribution in [0.15, 0.2) is 53.6 Å². The number of nitrogens with zero attached hydrogens (tertiary/aromatic N) is 1. The van der Waals surface area contributed by atoms with Crippen molar-refractivity contribution in [1.82, 2.24) is 4.98 Å². The molecule has 3 aromatic rings. The summed E-state index contributed by atoms with van der Waals surface area (Å²) in [6.45, 7) is 0. The molecule has 0 saturated heterocycles. The van der Waals surface area contributed by atoms with E-state index in [-0.39, 0.29) is 21.4 Å². The zero-order valence-electron chi connectivity index (χ0n) is 13.5. The van der Waals surface area contributed by atoms with Crippen LogP contribution < -0.4 is 14.2 Å². The number of aromatic nitrogens is 1. The molecule has 0 unspecified atom stereocenters. The van der Waals surface area contributed by atoms with E-state index in [2.05, 4.69) is 9.71 Å². The molecule has 0 saturated carbocycles. The summed E-state index contributed by atoms with van der Waals surface area (Å²) < 4.78 is 38.6. The molecule has 1 N–H and O–H groups in total. The highest BCUT2D eigenvalue weighted by Crippen LogP contribution is 2.37. The van der Waals surface area contributed by atoms with E-state index in [4.69, 9.17) is 21.1 Å². The molecule has 1 aromatic heterocycles. The number of hydrogen-bond acceptors (Lipinski definition) is 5. The summed E-state index contributed by atoms with van der Waals surface area (Å²) in [5.74, 6) is 0.673. The normalized spacial score (nSPS) is 11.3. The Balaban J connectivity index is 2.09. The van der Waals surface area contributed by atoms with Gasteiger partial charge in [0, 0.05) is 17.6 Å². The van der Waals surface area contributed by atoms with Gasteiger partial charge >= 0.3 is 0 Å². The molecule has 0 radical (unpaired) electrons. The lowest BCUT2D eigenvalue weighted by molar-refractivity contribution is 0.396. The number of fused-ring (bicyclic) bond motifs is 1. The summed E-state index contributed by atoms with van der Waals surface area (Å²) in [6, 6.07) is 11.5. The van der Waals surface area contributed by atoms with Gasteiger partial charge in [0.25, 0.3) is 10.0 Å². The first-order chi connectivity index (χ1) is 12.0. The summed E-state index contributed by atoms with van der Waals surface area (Å²) in [7, 11) is -1.01. The van der Waals surface area contributed by atoms with Gasteiger partial charge in [0.15, 0.2) is 0 Å². The standard InChI is InChI=1S/C17H15ClN2O4S/c1-23-14-10-15(24-2)13(9-12(14)18)20-25(21,22)16-7-3-5-11-6-4-8-19-17(11)16/h3-10,20H,1-2H3. The Kier molecular flexibility index (Phi) is 4.69. The molecule has 0 bridgehead atoms. The number of pyridine rings is 1. The van der Waals surface area contributed by atoms with Gasteiger partial charge < -0.3 is 9.47 Å². The van der Waals surface area contributed by atoms with Gasteiger partial charge in [-0.25, -0.2) is 8.42 Å². The van der Waals surface area contributed by atoms with Crippen molar-refractivity contribution in [3.63, 3.8) is 0 Å². The molecule has 0 atom stereocenters. The number of ether oxygens (including phenoxy) is 2. The molecule has 8 heteroatoms. The molecule has 6 nitrogen and oxygen atoms in total. The monoisotopic (exact) mass is 378 g/mol. The van der Waals surface area contributed by atoms with Gasteiger partial charge in [-0.15, -0.1) is 0 Å². The molecule has 0 spiro atoms. The molecule has 130 valence electrons. The van der Waals surface area contributed by atoms with Crippen molar-refractivity contribution in [1.29, 1.82) is 0 Å². The van der Waals surface area contributed by atoms with Gasteiger partial charge in [0.2, 0.25) is 0 Å². The van der Waals surface area contributed by atoms with Crippen molar-refractivity contribution in [2.45, 2.75) is 4.90 Å². The molecule has 2 aromatic carbocycles. The van der Waals surface area contributed by atoms with Crippen molar-refractivity contribution in [3.8, 4) is 11.5 Å². The van der Waals surface area contributed by atoms with Gasteiger partial charge in [-0.05, 0) is 18.2 Å². The van der Waals surface area contributed by atoms with Crippen molar-refractivity contribution < 1.29 is 17.9 Å². The summed E-state index contributed by atoms with van der Waals surface area (Å²) in [6.07, 6.45) is 1.55. The van der Waals surface area contributed by atoms with E-state index in [1.54, 1.807) is 30.5 Å². The minimum atomic E-state index is -3.90. The van der Waals surface area contributed by atoms with Gasteiger partial charge in [0.05, 0.1) is 30.4 Å². The molecular formula is C17H15ClN2O4S. The number of methoxy groups -OCH3 is 2. The minimum Gasteiger partial charge on any atom is -0.495 e. The van der Waals surface area contributed by atoms with Crippen molar-refractivity contribution in [3.05, 3.63) is 53.7 Å². The smallest absolute Gasteiger partial charge is 0.264 e. The van der Waals surface area contributed by atoms with Gasteiger partial charge in [0.1, 0.15) is 16.4 Å². The van der Waals surface area contributed by atoms with Gasteiger partial charge in [-0.2, -0.15) is 0 Å². The van der Waals surface area contributed by atoms with Crippen LogP contribution in [0.3, 0.4) is 0 Å². The van der Waals surface area contributed by atoms with E-state index < -0.39 is 10.0 Å². The fourth-order valence-electron chi connectivity index (χ4n) is 2.43. The third-order valence-corrected chi connectivity index (χ3v) is 5.30. The molecule has 1 heterocycles. The highest BCUT2D eigenvalue weighted by atomic mass is 35.5. The number of nitrogens with one attached hydrogen (secondary N) is 1. The lowest BCUT2D eigenvalue weighted by Crippen LogP contribution is -2.14. The van der Waals surface area contributed by atoms with Crippen LogP contribution in [0.4, 0.5) is 5.69 Å². The highest BCUT2D eigenvalue weighted by Gasteiger charge is 2.21. The zero-order chi connectivity index (χ0) is 18.0. The van der Waals surface area contributed by atoms with Crippen LogP contribution in [-0.2, 0) is 10.0 Å². The van der Waals surface area contributed by atoms with Gasteiger partial charge in [-0.3, -0.25) is 9.71 Å². The average Bonchev–Trinajstić information content (AvgIpc) is 2.61. The Labute approximate surface area is 150 Å². The predicted octanol–water partition coefficient (Wildman–Crippen LogP) is 3.71. The highest BCUT2D eigenvalue weighted by molar-refractivity contribution is 7.93. The molecule has 0 amide bonds. The van der Waals surface area contributed by atoms with Crippen LogP contribution in [0.1, 0.15) is 0 Å². The Hall–Kier alpha value is -2.51. The van der Waals surface area contributed by atoms with Crippen LogP contribution in [-0.4, -0.2) is 27.6 Å². The van der Waals surface area contributed by atoms with E-state index in [0.29, 0.717) is 11.3 Å². The number of benzene rings is 2. The second kappa shape index (κ2) is 6.78. The molecule has 0 aliphatic rings. The third kappa shape index (κ3) is 3.33. The summed E-state index contributed by atoms with van der Waals surface area (Å²) in [5, 5.41) is 0.988. The Morgan fingerprint density at radius 1 is 1.04 bits per heavy atom. The quantitative estimate of drug-likeness (QED) is 0.732. The lowest BCUT2D eigenvalue weighted by Gasteiger charge is -2.15. The van der Waals surface area contributed by atoms with Crippen LogP contribution >= 0.6 is 11.6 Å². The minimum absolute atomic E-state index is 0.0691. The first-order valence-electron chi connectivity index (χ1n) is 7.24. The van der Waals surface area contributed by atoms with Crippen molar-refractivity contribution in [2.75, 3.05) is 18.9 Å². The fraction of sp³-hybridized carbons (Fsp3) is 0.118. The number of para-hydroxylation sites is 1. The van der Waals surface area contributed by atoms with E-state index in [0.717, 1.165) is 5.39 Å². The topological polar surface area (TPSA) is 77.5 Å². The maximum atomic E-state index is 12.9. The van der Waals surface area contributed by atoms with Crippen LogP contribution in [0.25, 0.3) is 10.9 Å². The molecule has 3 rings (SSSR count). The SMILES string of the molecule is COc1cc(OC)c(NS(=O)(=O)c2cccc3cccnc23)cc1Cl. The Morgan fingerprint density at radius 2 is 1.76 bits per heavy atom. The second-order valence-electron chi connectivity index (χ2n) is 5.12. The average molecular weight is 379 g/mol. The molecule has 0 aliphatic heterocycles. The lowest BCUT2D eigenvalue weighted by atomic mass is 10.2. The predicted molar refractivity (Wildman–Crippen MR) is 97.1 cm³/mol. The second-order valence-corrected chi connectivity index (χ2v) is 7.18. The number of anilines is 1. The molecule has 0 fully saturated rings. The zero-order valence-corrected chi connectivity index (χ0v) is 15.1. The Bertz CT molecular complexity index is 1030. The molecular weight excluding hydrogens is 364 g/mol. The molecule has 0 aliphatic carbocycles. The van der Waals surface area contributed by atoms with Gasteiger partial charge in [-0.1, -0.05) is 29.8 Å². The molecule has 25 heavy (non-hydrogen) atoms. The summed E-state index contributed by atoms with van der Waals surface area (Å²) in [4.78, 5) is 4.25. The Morgan fingerprint density at radius 3 is 2.48 bits per heavy atom. The fourth-order valence-corrected chi connectivity index (χ4v) is 3.92. The van der Waals surface area contributed by atoms with Crippen molar-refractivity contribution in [2.24, 2.45) is 0 Å². The van der Waals surface area contributed by atoms with Crippen LogP contribution in [0, 0.1) is 0 Å². The number of sulfonamides is 1. The first kappa shape index (κ1) is 17.3. The van der Waals surface area contributed by atoms with E-state index in [9.17, 15) is 8.42 Å². The van der Waals surface area contributed by atoms with Crippen molar-refractivity contribution >= 4 is 38.2 Å². The third-order valence-electron chi connectivity index (χ3n) is 3.60. The maximum absolute atomic E-state index is 12.9. The van der Waals surface area contributed by atoms with E-state index in [1.807, 2.05) is 0 Å².